The number of amides is 1. The Hall–Kier alpha value is -2.49. The smallest absolute Gasteiger partial charge is 0.228 e. The second kappa shape index (κ2) is 6.10. The van der Waals surface area contributed by atoms with E-state index in [9.17, 15) is 9.90 Å². The van der Waals surface area contributed by atoms with Crippen molar-refractivity contribution in [3.63, 3.8) is 0 Å². The highest BCUT2D eigenvalue weighted by molar-refractivity contribution is 5.93. The fourth-order valence-electron chi connectivity index (χ4n) is 1.98. The minimum absolute atomic E-state index is 0.150. The molecule has 0 aliphatic heterocycles. The lowest BCUT2D eigenvalue weighted by atomic mass is 10.1. The van der Waals surface area contributed by atoms with Crippen molar-refractivity contribution in [2.75, 3.05) is 12.4 Å². The molecule has 104 valence electrons. The summed E-state index contributed by atoms with van der Waals surface area (Å²) in [6.07, 6.45) is 0.221. The molecule has 0 saturated heterocycles. The summed E-state index contributed by atoms with van der Waals surface area (Å²) in [5.41, 5.74) is 2.09. The number of carbonyl (C=O) groups excluding carboxylic acids is 1. The van der Waals surface area contributed by atoms with Crippen LogP contribution in [0.1, 0.15) is 11.1 Å². The molecule has 0 unspecified atom stereocenters. The molecule has 4 heteroatoms. The number of nitrogens with one attached hydrogen (secondary N) is 1. The number of hydrogen-bond donors (Lipinski definition) is 2. The summed E-state index contributed by atoms with van der Waals surface area (Å²) in [4.78, 5) is 12.1. The van der Waals surface area contributed by atoms with Gasteiger partial charge in [0, 0.05) is 16.8 Å². The zero-order chi connectivity index (χ0) is 14.5. The van der Waals surface area contributed by atoms with Crippen molar-refractivity contribution in [2.24, 2.45) is 0 Å². The van der Waals surface area contributed by atoms with E-state index in [0.717, 1.165) is 5.56 Å². The van der Waals surface area contributed by atoms with Crippen LogP contribution in [0.15, 0.2) is 42.5 Å². The van der Waals surface area contributed by atoms with Gasteiger partial charge in [0.05, 0.1) is 13.5 Å². The minimum atomic E-state index is -0.150. The van der Waals surface area contributed by atoms with Crippen molar-refractivity contribution in [1.82, 2.24) is 0 Å². The zero-order valence-corrected chi connectivity index (χ0v) is 11.5. The first kappa shape index (κ1) is 13.9. The Labute approximate surface area is 118 Å². The second-order valence-corrected chi connectivity index (χ2v) is 4.49. The van der Waals surface area contributed by atoms with E-state index in [-0.39, 0.29) is 18.1 Å². The number of hydrogen-bond acceptors (Lipinski definition) is 3. The van der Waals surface area contributed by atoms with Gasteiger partial charge in [0.15, 0.2) is 0 Å². The molecule has 0 bridgehead atoms. The molecular formula is C16H17NO3. The monoisotopic (exact) mass is 271 g/mol. The maximum absolute atomic E-state index is 12.1. The van der Waals surface area contributed by atoms with Crippen LogP contribution in [0.3, 0.4) is 0 Å². The van der Waals surface area contributed by atoms with E-state index in [1.54, 1.807) is 32.2 Å². The van der Waals surface area contributed by atoms with Crippen LogP contribution in [0.5, 0.6) is 11.5 Å². The van der Waals surface area contributed by atoms with E-state index in [2.05, 4.69) is 5.32 Å². The Balaban J connectivity index is 2.11. The van der Waals surface area contributed by atoms with Crippen molar-refractivity contribution in [2.45, 2.75) is 13.3 Å². The fourth-order valence-corrected chi connectivity index (χ4v) is 1.98. The summed E-state index contributed by atoms with van der Waals surface area (Å²) in [5, 5.41) is 12.4. The Kier molecular flexibility index (Phi) is 4.25. The Morgan fingerprint density at radius 3 is 2.70 bits per heavy atom. The number of para-hydroxylation sites is 1. The number of phenolic OH excluding ortho intramolecular Hbond substituents is 1. The van der Waals surface area contributed by atoms with Gasteiger partial charge in [0.1, 0.15) is 11.5 Å². The second-order valence-electron chi connectivity index (χ2n) is 4.49. The third kappa shape index (κ3) is 3.09. The Morgan fingerprint density at radius 1 is 1.20 bits per heavy atom. The molecule has 1 amide bonds. The predicted octanol–water partition coefficient (Wildman–Crippen LogP) is 2.89. The number of aromatic hydroxyl groups is 1. The highest BCUT2D eigenvalue weighted by atomic mass is 16.5. The average Bonchev–Trinajstić information content (AvgIpc) is 2.44. The van der Waals surface area contributed by atoms with Crippen LogP contribution in [0.25, 0.3) is 0 Å². The lowest BCUT2D eigenvalue weighted by Crippen LogP contribution is -2.15. The van der Waals surface area contributed by atoms with Gasteiger partial charge in [0.2, 0.25) is 5.91 Å². The largest absolute Gasteiger partial charge is 0.508 e. The summed E-state index contributed by atoms with van der Waals surface area (Å²) in [5.74, 6) is 0.707. The molecule has 0 spiro atoms. The molecule has 0 saturated carbocycles. The van der Waals surface area contributed by atoms with Gasteiger partial charge < -0.3 is 15.2 Å². The molecule has 4 nitrogen and oxygen atoms in total. The van der Waals surface area contributed by atoms with Crippen LogP contribution in [-0.4, -0.2) is 18.1 Å². The molecule has 0 aliphatic carbocycles. The fraction of sp³-hybridized carbons (Fsp3) is 0.188. The van der Waals surface area contributed by atoms with E-state index >= 15 is 0 Å². The normalized spacial score (nSPS) is 10.1. The van der Waals surface area contributed by atoms with Crippen molar-refractivity contribution in [3.05, 3.63) is 53.6 Å². The first-order valence-corrected chi connectivity index (χ1v) is 6.32. The first-order chi connectivity index (χ1) is 9.61. The van der Waals surface area contributed by atoms with Crippen LogP contribution >= 0.6 is 0 Å². The van der Waals surface area contributed by atoms with Gasteiger partial charge >= 0.3 is 0 Å². The zero-order valence-electron chi connectivity index (χ0n) is 11.5. The number of anilines is 1. The molecule has 0 fully saturated rings. The maximum Gasteiger partial charge on any atom is 0.228 e. The van der Waals surface area contributed by atoms with Crippen LogP contribution in [0, 0.1) is 6.92 Å². The number of carbonyl (C=O) groups is 1. The number of ether oxygens (including phenoxy) is 1. The summed E-state index contributed by atoms with van der Waals surface area (Å²) in [7, 11) is 1.58. The van der Waals surface area contributed by atoms with Crippen LogP contribution in [0.2, 0.25) is 0 Å². The van der Waals surface area contributed by atoms with Crippen molar-refractivity contribution >= 4 is 11.6 Å². The SMILES string of the molecule is COc1ccccc1CC(=O)Nc1cccc(O)c1C. The van der Waals surface area contributed by atoms with Crippen molar-refractivity contribution in [1.29, 1.82) is 0 Å². The van der Waals surface area contributed by atoms with Gasteiger partial charge in [-0.1, -0.05) is 24.3 Å². The van der Waals surface area contributed by atoms with Gasteiger partial charge in [-0.2, -0.15) is 0 Å². The van der Waals surface area contributed by atoms with Crippen LogP contribution in [-0.2, 0) is 11.2 Å². The standard InChI is InChI=1S/C16H17NO3/c1-11-13(7-5-8-14(11)18)17-16(19)10-12-6-3-4-9-15(12)20-2/h3-9,18H,10H2,1-2H3,(H,17,19). The highest BCUT2D eigenvalue weighted by Crippen LogP contribution is 2.24. The van der Waals surface area contributed by atoms with Gasteiger partial charge in [-0.05, 0) is 25.1 Å². The highest BCUT2D eigenvalue weighted by Gasteiger charge is 2.10. The molecule has 2 rings (SSSR count). The molecule has 0 aliphatic rings. The van der Waals surface area contributed by atoms with Crippen molar-refractivity contribution in [3.8, 4) is 11.5 Å². The van der Waals surface area contributed by atoms with Crippen molar-refractivity contribution < 1.29 is 14.6 Å². The van der Waals surface area contributed by atoms with E-state index in [1.165, 1.54) is 0 Å². The van der Waals surface area contributed by atoms with Gasteiger partial charge in [-0.15, -0.1) is 0 Å². The number of methoxy groups -OCH3 is 1. The van der Waals surface area contributed by atoms with Gasteiger partial charge in [-0.25, -0.2) is 0 Å². The lowest BCUT2D eigenvalue weighted by molar-refractivity contribution is -0.115. The third-order valence-corrected chi connectivity index (χ3v) is 3.12. The molecule has 0 atom stereocenters. The summed E-state index contributed by atoms with van der Waals surface area (Å²) in [6.45, 7) is 1.76. The summed E-state index contributed by atoms with van der Waals surface area (Å²) >= 11 is 0. The Bertz CT molecular complexity index is 623. The Morgan fingerprint density at radius 2 is 1.95 bits per heavy atom. The maximum atomic E-state index is 12.1. The average molecular weight is 271 g/mol. The molecule has 20 heavy (non-hydrogen) atoms. The van der Waals surface area contributed by atoms with E-state index < -0.39 is 0 Å². The predicted molar refractivity (Wildman–Crippen MR) is 78.2 cm³/mol. The molecule has 2 aromatic carbocycles. The van der Waals surface area contributed by atoms with E-state index in [4.69, 9.17) is 4.74 Å². The number of phenols is 1. The van der Waals surface area contributed by atoms with Gasteiger partial charge in [-0.3, -0.25) is 4.79 Å². The lowest BCUT2D eigenvalue weighted by Gasteiger charge is -2.11. The summed E-state index contributed by atoms with van der Waals surface area (Å²) < 4.78 is 5.22. The van der Waals surface area contributed by atoms with Crippen LogP contribution in [0.4, 0.5) is 5.69 Å². The number of benzene rings is 2. The topological polar surface area (TPSA) is 58.6 Å². The van der Waals surface area contributed by atoms with E-state index in [0.29, 0.717) is 17.0 Å². The molecular weight excluding hydrogens is 254 g/mol. The molecule has 0 radical (unpaired) electrons. The minimum Gasteiger partial charge on any atom is -0.508 e. The van der Waals surface area contributed by atoms with E-state index in [1.807, 2.05) is 24.3 Å². The van der Waals surface area contributed by atoms with Crippen LogP contribution < -0.4 is 10.1 Å². The third-order valence-electron chi connectivity index (χ3n) is 3.12. The summed E-state index contributed by atoms with van der Waals surface area (Å²) in [6, 6.07) is 12.4. The number of rotatable bonds is 4. The molecule has 2 aromatic rings. The molecule has 0 heterocycles. The quantitative estimate of drug-likeness (QED) is 0.899. The van der Waals surface area contributed by atoms with Gasteiger partial charge in [0.25, 0.3) is 0 Å². The molecule has 0 aromatic heterocycles. The molecule has 2 N–H and O–H groups in total. The first-order valence-electron chi connectivity index (χ1n) is 6.32.